The highest BCUT2D eigenvalue weighted by atomic mass is 32.2. The maximum absolute atomic E-state index is 12.5. The number of nitrogens with zero attached hydrogens (tertiary/aromatic N) is 1. The monoisotopic (exact) mass is 340 g/mol. The van der Waals surface area contributed by atoms with E-state index in [-0.39, 0.29) is 17.3 Å². The highest BCUT2D eigenvalue weighted by molar-refractivity contribution is 7.89. The van der Waals surface area contributed by atoms with Crippen LogP contribution in [-0.2, 0) is 14.8 Å². The Morgan fingerprint density at radius 3 is 2.61 bits per heavy atom. The maximum Gasteiger partial charge on any atom is 0.240 e. The second-order valence-electron chi connectivity index (χ2n) is 5.82. The summed E-state index contributed by atoms with van der Waals surface area (Å²) in [4.78, 5) is 13.7. The quantitative estimate of drug-likeness (QED) is 0.853. The van der Waals surface area contributed by atoms with Gasteiger partial charge in [0, 0.05) is 26.1 Å². The van der Waals surface area contributed by atoms with Crippen LogP contribution < -0.4 is 9.46 Å². The molecule has 1 fully saturated rings. The number of hydrogen-bond acceptors (Lipinski definition) is 4. The van der Waals surface area contributed by atoms with Gasteiger partial charge in [-0.25, -0.2) is 13.1 Å². The third kappa shape index (κ3) is 4.23. The summed E-state index contributed by atoms with van der Waals surface area (Å²) in [6, 6.07) is 3.33. The lowest BCUT2D eigenvalue weighted by Crippen LogP contribution is -2.41. The Labute approximate surface area is 137 Å². The highest BCUT2D eigenvalue weighted by Crippen LogP contribution is 2.25. The molecule has 1 aromatic rings. The molecule has 2 rings (SSSR count). The van der Waals surface area contributed by atoms with E-state index >= 15 is 0 Å². The van der Waals surface area contributed by atoms with Gasteiger partial charge >= 0.3 is 0 Å². The number of carbonyl (C=O) groups is 1. The van der Waals surface area contributed by atoms with Crippen molar-refractivity contribution in [3.8, 4) is 5.75 Å². The Morgan fingerprint density at radius 2 is 1.96 bits per heavy atom. The van der Waals surface area contributed by atoms with Gasteiger partial charge in [-0.05, 0) is 49.9 Å². The van der Waals surface area contributed by atoms with Gasteiger partial charge in [-0.15, -0.1) is 0 Å². The lowest BCUT2D eigenvalue weighted by atomic mass is 10.1. The fourth-order valence-electron chi connectivity index (χ4n) is 2.76. The molecule has 128 valence electrons. The Balaban J connectivity index is 2.04. The lowest BCUT2D eigenvalue weighted by Gasteiger charge is -2.26. The molecule has 6 nitrogen and oxygen atoms in total. The standard InChI is InChI=1S/C16H24N2O4S/c1-12-11-15(13(2)10-14(12)22-3)23(20,21)17-7-9-18-8-5-4-6-16(18)19/h10-11,17H,4-9H2,1-3H3. The highest BCUT2D eigenvalue weighted by Gasteiger charge is 2.21. The number of likely N-dealkylation sites (tertiary alicyclic amines) is 1. The molecule has 0 aliphatic carbocycles. The molecule has 7 heteroatoms. The molecule has 23 heavy (non-hydrogen) atoms. The Morgan fingerprint density at radius 1 is 1.22 bits per heavy atom. The van der Waals surface area contributed by atoms with Gasteiger partial charge in [-0.2, -0.15) is 0 Å². The van der Waals surface area contributed by atoms with Crippen LogP contribution in [0.15, 0.2) is 17.0 Å². The molecule has 1 aliphatic heterocycles. The van der Waals surface area contributed by atoms with Crippen LogP contribution in [0.5, 0.6) is 5.75 Å². The van der Waals surface area contributed by atoms with Crippen molar-refractivity contribution in [1.29, 1.82) is 0 Å². The van der Waals surface area contributed by atoms with Crippen LogP contribution in [0.25, 0.3) is 0 Å². The number of carbonyl (C=O) groups excluding carboxylic acids is 1. The molecule has 1 N–H and O–H groups in total. The summed E-state index contributed by atoms with van der Waals surface area (Å²) in [6.07, 6.45) is 2.46. The van der Waals surface area contributed by atoms with E-state index in [1.54, 1.807) is 31.1 Å². The van der Waals surface area contributed by atoms with Gasteiger partial charge in [0.2, 0.25) is 15.9 Å². The molecule has 1 aliphatic rings. The van der Waals surface area contributed by atoms with Crippen molar-refractivity contribution in [2.45, 2.75) is 38.0 Å². The summed E-state index contributed by atoms with van der Waals surface area (Å²) in [6.45, 7) is 4.89. The minimum absolute atomic E-state index is 0.104. The Bertz CT molecular complexity index is 686. The molecule has 0 atom stereocenters. The van der Waals surface area contributed by atoms with Crippen molar-refractivity contribution in [3.63, 3.8) is 0 Å². The van der Waals surface area contributed by atoms with E-state index in [0.29, 0.717) is 30.8 Å². The molecule has 0 saturated carbocycles. The van der Waals surface area contributed by atoms with Gasteiger partial charge in [-0.1, -0.05) is 0 Å². The number of ether oxygens (including phenoxy) is 1. The first kappa shape index (κ1) is 17.7. The van der Waals surface area contributed by atoms with Crippen molar-refractivity contribution in [3.05, 3.63) is 23.3 Å². The molecule has 0 spiro atoms. The number of methoxy groups -OCH3 is 1. The molecule has 1 amide bonds. The second kappa shape index (κ2) is 7.31. The van der Waals surface area contributed by atoms with E-state index in [4.69, 9.17) is 4.74 Å². The van der Waals surface area contributed by atoms with Crippen LogP contribution >= 0.6 is 0 Å². The first-order valence-corrected chi connectivity index (χ1v) is 9.26. The molecule has 0 bridgehead atoms. The predicted octanol–water partition coefficient (Wildman–Crippen LogP) is 1.60. The van der Waals surface area contributed by atoms with Crippen molar-refractivity contribution in [2.24, 2.45) is 0 Å². The maximum atomic E-state index is 12.5. The van der Waals surface area contributed by atoms with Gasteiger partial charge in [-0.3, -0.25) is 4.79 Å². The van der Waals surface area contributed by atoms with Crippen molar-refractivity contribution in [1.82, 2.24) is 9.62 Å². The second-order valence-corrected chi connectivity index (χ2v) is 7.56. The summed E-state index contributed by atoms with van der Waals surface area (Å²) in [5, 5.41) is 0. The molecule has 0 aromatic heterocycles. The fourth-order valence-corrected chi connectivity index (χ4v) is 4.09. The number of piperidine rings is 1. The van der Waals surface area contributed by atoms with Crippen LogP contribution in [0.3, 0.4) is 0 Å². The molecule has 1 aromatic carbocycles. The minimum atomic E-state index is -3.60. The zero-order valence-electron chi connectivity index (χ0n) is 13.9. The van der Waals surface area contributed by atoms with E-state index in [1.807, 2.05) is 6.92 Å². The molecule has 1 saturated heterocycles. The van der Waals surface area contributed by atoms with Crippen LogP contribution in [-0.4, -0.2) is 46.0 Å². The third-order valence-corrected chi connectivity index (χ3v) is 5.68. The van der Waals surface area contributed by atoms with E-state index in [2.05, 4.69) is 4.72 Å². The van der Waals surface area contributed by atoms with Gasteiger partial charge in [0.1, 0.15) is 5.75 Å². The largest absolute Gasteiger partial charge is 0.496 e. The zero-order chi connectivity index (χ0) is 17.0. The number of benzene rings is 1. The van der Waals surface area contributed by atoms with Gasteiger partial charge < -0.3 is 9.64 Å². The molecule has 0 unspecified atom stereocenters. The van der Waals surface area contributed by atoms with E-state index in [1.165, 1.54) is 0 Å². The average molecular weight is 340 g/mol. The number of nitrogens with one attached hydrogen (secondary N) is 1. The van der Waals surface area contributed by atoms with Crippen LogP contribution in [0.4, 0.5) is 0 Å². The number of hydrogen-bond donors (Lipinski definition) is 1. The summed E-state index contributed by atoms with van der Waals surface area (Å²) >= 11 is 0. The number of aryl methyl sites for hydroxylation is 2. The Hall–Kier alpha value is -1.60. The third-order valence-electron chi connectivity index (χ3n) is 4.08. The van der Waals surface area contributed by atoms with E-state index < -0.39 is 10.0 Å². The minimum Gasteiger partial charge on any atom is -0.496 e. The molecule has 1 heterocycles. The zero-order valence-corrected chi connectivity index (χ0v) is 14.7. The predicted molar refractivity (Wildman–Crippen MR) is 88.1 cm³/mol. The van der Waals surface area contributed by atoms with Crippen molar-refractivity contribution >= 4 is 15.9 Å². The van der Waals surface area contributed by atoms with E-state index in [9.17, 15) is 13.2 Å². The number of sulfonamides is 1. The van der Waals surface area contributed by atoms with Gasteiger partial charge in [0.25, 0.3) is 0 Å². The normalized spacial score (nSPS) is 15.8. The van der Waals surface area contributed by atoms with Crippen molar-refractivity contribution in [2.75, 3.05) is 26.7 Å². The SMILES string of the molecule is COc1cc(C)c(S(=O)(=O)NCCN2CCCCC2=O)cc1C. The lowest BCUT2D eigenvalue weighted by molar-refractivity contribution is -0.133. The first-order chi connectivity index (χ1) is 10.8. The van der Waals surface area contributed by atoms with Crippen LogP contribution in [0.1, 0.15) is 30.4 Å². The summed E-state index contributed by atoms with van der Waals surface area (Å²) in [5.74, 6) is 0.771. The number of amides is 1. The topological polar surface area (TPSA) is 75.7 Å². The Kier molecular flexibility index (Phi) is 5.64. The summed E-state index contributed by atoms with van der Waals surface area (Å²) in [7, 11) is -2.04. The number of rotatable bonds is 6. The average Bonchev–Trinajstić information content (AvgIpc) is 2.50. The van der Waals surface area contributed by atoms with Crippen LogP contribution in [0, 0.1) is 13.8 Å². The van der Waals surface area contributed by atoms with Crippen molar-refractivity contribution < 1.29 is 17.9 Å². The first-order valence-electron chi connectivity index (χ1n) is 7.78. The molecular weight excluding hydrogens is 316 g/mol. The smallest absolute Gasteiger partial charge is 0.240 e. The summed E-state index contributed by atoms with van der Waals surface area (Å²) in [5.41, 5.74) is 1.40. The summed E-state index contributed by atoms with van der Waals surface area (Å²) < 4.78 is 32.7. The van der Waals surface area contributed by atoms with Gasteiger partial charge in [0.05, 0.1) is 12.0 Å². The fraction of sp³-hybridized carbons (Fsp3) is 0.562. The van der Waals surface area contributed by atoms with Gasteiger partial charge in [0.15, 0.2) is 0 Å². The molecule has 0 radical (unpaired) electrons. The van der Waals surface area contributed by atoms with Crippen LogP contribution in [0.2, 0.25) is 0 Å². The van der Waals surface area contributed by atoms with E-state index in [0.717, 1.165) is 18.4 Å². The molecular formula is C16H24N2O4S.